The number of hydrogen-bond donors (Lipinski definition) is 2. The van der Waals surface area contributed by atoms with Gasteiger partial charge in [0.05, 0.1) is 27.8 Å². The van der Waals surface area contributed by atoms with Crippen LogP contribution in [0.4, 0.5) is 20.6 Å². The molecule has 0 spiro atoms. The van der Waals surface area contributed by atoms with Crippen LogP contribution in [0.3, 0.4) is 0 Å². The van der Waals surface area contributed by atoms with E-state index in [0.717, 1.165) is 37.6 Å². The van der Waals surface area contributed by atoms with Crippen LogP contribution in [-0.4, -0.2) is 48.6 Å². The molecule has 3 heterocycles. The lowest BCUT2D eigenvalue weighted by molar-refractivity contribution is 0.143. The van der Waals surface area contributed by atoms with E-state index in [-0.39, 0.29) is 33.9 Å². The molecular formula is C28H30ClFN4O4. The first-order valence-corrected chi connectivity index (χ1v) is 13.6. The third kappa shape index (κ3) is 4.69. The number of aromatic nitrogens is 1. The Kier molecular flexibility index (Phi) is 6.65. The smallest absolute Gasteiger partial charge is 0.449 e. The van der Waals surface area contributed by atoms with E-state index < -0.39 is 17.4 Å². The van der Waals surface area contributed by atoms with Crippen LogP contribution in [0.15, 0.2) is 41.3 Å². The van der Waals surface area contributed by atoms with Gasteiger partial charge in [-0.1, -0.05) is 23.7 Å². The zero-order chi connectivity index (χ0) is 26.4. The van der Waals surface area contributed by atoms with Crippen LogP contribution < -0.4 is 25.3 Å². The molecule has 1 aromatic heterocycles. The number of piperazine rings is 1. The van der Waals surface area contributed by atoms with Crippen molar-refractivity contribution in [3.8, 4) is 5.75 Å². The summed E-state index contributed by atoms with van der Waals surface area (Å²) in [4.78, 5) is 28.4. The van der Waals surface area contributed by atoms with Crippen LogP contribution >= 0.6 is 11.6 Å². The number of ether oxygens (including phenoxy) is 1. The average Bonchev–Trinajstić information content (AvgIpc) is 3.77. The van der Waals surface area contributed by atoms with Gasteiger partial charge in [0.2, 0.25) is 5.43 Å². The third-order valence-electron chi connectivity index (χ3n) is 7.80. The molecule has 0 radical (unpaired) electrons. The largest absolute Gasteiger partial charge is 0.511 e. The zero-order valence-corrected chi connectivity index (χ0v) is 21.7. The predicted molar refractivity (Wildman–Crippen MR) is 146 cm³/mol. The van der Waals surface area contributed by atoms with Crippen molar-refractivity contribution in [1.82, 2.24) is 9.88 Å². The molecule has 1 unspecified atom stereocenters. The summed E-state index contributed by atoms with van der Waals surface area (Å²) in [6.07, 6.45) is 5.24. The number of carbonyl (C=O) groups is 1. The van der Waals surface area contributed by atoms with E-state index in [4.69, 9.17) is 21.4 Å². The first kappa shape index (κ1) is 25.0. The zero-order valence-electron chi connectivity index (χ0n) is 21.0. The number of hydrogen-bond acceptors (Lipinski definition) is 6. The Hall–Kier alpha value is -3.30. The van der Waals surface area contributed by atoms with Gasteiger partial charge in [-0.15, -0.1) is 0 Å². The number of nitrogens with one attached hydrogen (secondary N) is 1. The summed E-state index contributed by atoms with van der Waals surface area (Å²) in [6, 6.07) is 9.81. The van der Waals surface area contributed by atoms with Crippen molar-refractivity contribution in [3.05, 3.63) is 63.2 Å². The molecule has 2 aromatic carbocycles. The Balaban J connectivity index is 1.33. The molecule has 1 aliphatic carbocycles. The Morgan fingerprint density at radius 3 is 2.50 bits per heavy atom. The average molecular weight is 541 g/mol. The minimum atomic E-state index is -1.59. The summed E-state index contributed by atoms with van der Waals surface area (Å²) in [5.74, 6) is -0.967. The molecule has 2 aliphatic heterocycles. The van der Waals surface area contributed by atoms with Gasteiger partial charge in [-0.25, -0.2) is 9.18 Å². The molecule has 6 rings (SSSR count). The summed E-state index contributed by atoms with van der Waals surface area (Å²) < 4.78 is 22.1. The van der Waals surface area contributed by atoms with Crippen LogP contribution in [0.25, 0.3) is 10.9 Å². The summed E-state index contributed by atoms with van der Waals surface area (Å²) in [5.41, 5.74) is 2.33. The van der Waals surface area contributed by atoms with Gasteiger partial charge < -0.3 is 29.5 Å². The van der Waals surface area contributed by atoms with Gasteiger partial charge in [0, 0.05) is 50.5 Å². The second kappa shape index (κ2) is 10.1. The monoisotopic (exact) mass is 540 g/mol. The molecule has 8 nitrogen and oxygen atoms in total. The normalized spacial score (nSPS) is 20.1. The molecule has 200 valence electrons. The highest BCUT2D eigenvalue weighted by Gasteiger charge is 2.31. The van der Waals surface area contributed by atoms with Crippen molar-refractivity contribution in [1.29, 1.82) is 0 Å². The predicted octanol–water partition coefficient (Wildman–Crippen LogP) is 5.33. The maximum atomic E-state index is 15.6. The third-order valence-corrected chi connectivity index (χ3v) is 8.16. The van der Waals surface area contributed by atoms with Gasteiger partial charge in [0.15, 0.2) is 5.75 Å². The first-order chi connectivity index (χ1) is 18.4. The molecule has 2 saturated heterocycles. The maximum Gasteiger partial charge on any atom is 0.511 e. The van der Waals surface area contributed by atoms with E-state index in [1.807, 2.05) is 4.90 Å². The fraction of sp³-hybridized carbons (Fsp3) is 0.429. The van der Waals surface area contributed by atoms with Gasteiger partial charge >= 0.3 is 6.16 Å². The molecular weight excluding hydrogens is 511 g/mol. The molecule has 3 aliphatic rings. The lowest BCUT2D eigenvalue weighted by atomic mass is 10.0. The number of rotatable bonds is 5. The Labute approximate surface area is 224 Å². The van der Waals surface area contributed by atoms with Crippen molar-refractivity contribution < 1.29 is 19.0 Å². The second-order valence-corrected chi connectivity index (χ2v) is 10.7. The number of fused-ring (bicyclic) bond motifs is 1. The van der Waals surface area contributed by atoms with E-state index in [1.54, 1.807) is 4.57 Å². The summed E-state index contributed by atoms with van der Waals surface area (Å²) >= 11 is 6.86. The van der Waals surface area contributed by atoms with Crippen molar-refractivity contribution >= 4 is 40.0 Å². The second-order valence-electron chi connectivity index (χ2n) is 10.3. The highest BCUT2D eigenvalue weighted by molar-refractivity contribution is 6.38. The number of benzene rings is 2. The van der Waals surface area contributed by atoms with Crippen LogP contribution in [0.1, 0.15) is 49.8 Å². The Morgan fingerprint density at radius 2 is 1.82 bits per heavy atom. The number of anilines is 2. The standard InChI is InChI=1S/C28H30ClFN4O4/c29-24-25-20(27(35)23(38-28(36)37)16-34(25)19-8-9-19)14-21(30)26(24)33-13-10-31-22(15-33)17-4-6-18(7-5-17)32-11-2-1-3-12-32/h4-7,14,16,19,22,31H,1-3,8-13,15H2,(H,36,37). The summed E-state index contributed by atoms with van der Waals surface area (Å²) in [6.45, 7) is 3.89. The molecule has 1 saturated carbocycles. The fourth-order valence-corrected chi connectivity index (χ4v) is 6.16. The van der Waals surface area contributed by atoms with Gasteiger partial charge in [-0.2, -0.15) is 0 Å². The number of piperidine rings is 1. The van der Waals surface area contributed by atoms with Crippen LogP contribution in [0.5, 0.6) is 5.75 Å². The minimum Gasteiger partial charge on any atom is -0.449 e. The number of halogens is 2. The maximum absolute atomic E-state index is 15.6. The highest BCUT2D eigenvalue weighted by atomic mass is 35.5. The summed E-state index contributed by atoms with van der Waals surface area (Å²) in [7, 11) is 0. The van der Waals surface area contributed by atoms with Gasteiger partial charge in [0.1, 0.15) is 5.82 Å². The summed E-state index contributed by atoms with van der Waals surface area (Å²) in [5, 5.41) is 12.8. The Bertz CT molecular complexity index is 1430. The van der Waals surface area contributed by atoms with Crippen molar-refractivity contribution in [2.45, 2.75) is 44.2 Å². The highest BCUT2D eigenvalue weighted by Crippen LogP contribution is 2.43. The fourth-order valence-electron chi connectivity index (χ4n) is 5.75. The van der Waals surface area contributed by atoms with E-state index >= 15 is 4.39 Å². The molecule has 1 atom stereocenters. The van der Waals surface area contributed by atoms with Gasteiger partial charge in [-0.3, -0.25) is 4.79 Å². The lowest BCUT2D eigenvalue weighted by Gasteiger charge is -2.36. The van der Waals surface area contributed by atoms with Crippen LogP contribution in [0, 0.1) is 5.82 Å². The molecule has 2 N–H and O–H groups in total. The van der Waals surface area contributed by atoms with Gasteiger partial charge in [0.25, 0.3) is 0 Å². The van der Waals surface area contributed by atoms with Crippen LogP contribution in [-0.2, 0) is 0 Å². The van der Waals surface area contributed by atoms with E-state index in [0.29, 0.717) is 25.2 Å². The quantitative estimate of drug-likeness (QED) is 0.423. The molecule has 0 amide bonds. The number of carboxylic acid groups (broad SMARTS) is 1. The molecule has 3 aromatic rings. The van der Waals surface area contributed by atoms with Crippen molar-refractivity contribution in [2.75, 3.05) is 42.5 Å². The minimum absolute atomic E-state index is 0.0118. The molecule has 38 heavy (non-hydrogen) atoms. The van der Waals surface area contributed by atoms with Gasteiger partial charge in [-0.05, 0) is 55.9 Å². The first-order valence-electron chi connectivity index (χ1n) is 13.2. The van der Waals surface area contributed by atoms with E-state index in [1.165, 1.54) is 31.1 Å². The topological polar surface area (TPSA) is 87.0 Å². The van der Waals surface area contributed by atoms with Crippen LogP contribution in [0.2, 0.25) is 5.02 Å². The molecule has 3 fully saturated rings. The molecule has 10 heteroatoms. The SMILES string of the molecule is O=C(O)Oc1cn(C2CC2)c2c(Cl)c(N3CCNC(c4ccc(N5CCCCC5)cc4)C3)c(F)cc2c1=O. The van der Waals surface area contributed by atoms with E-state index in [2.05, 4.69) is 34.5 Å². The van der Waals surface area contributed by atoms with Crippen molar-refractivity contribution in [2.24, 2.45) is 0 Å². The van der Waals surface area contributed by atoms with Crippen molar-refractivity contribution in [3.63, 3.8) is 0 Å². The Morgan fingerprint density at radius 1 is 1.08 bits per heavy atom. The van der Waals surface area contributed by atoms with E-state index in [9.17, 15) is 9.59 Å². The lowest BCUT2D eigenvalue weighted by Crippen LogP contribution is -2.46. The number of pyridine rings is 1. The molecule has 0 bridgehead atoms. The number of nitrogens with zero attached hydrogens (tertiary/aromatic N) is 3.